The lowest BCUT2D eigenvalue weighted by molar-refractivity contribution is -0.384. The van der Waals surface area contributed by atoms with Crippen LogP contribution >= 0.6 is 0 Å². The van der Waals surface area contributed by atoms with Crippen molar-refractivity contribution in [2.45, 2.75) is 6.92 Å². The summed E-state index contributed by atoms with van der Waals surface area (Å²) in [5.74, 6) is -0.374. The fraction of sp³-hybridized carbons (Fsp3) is 0.0714. The number of nitro benzene ring substituents is 1. The van der Waals surface area contributed by atoms with Crippen LogP contribution in [0.5, 0.6) is 5.75 Å². The molecule has 96 valence electrons. The maximum absolute atomic E-state index is 11.9. The summed E-state index contributed by atoms with van der Waals surface area (Å²) in [6, 6.07) is 12.5. The van der Waals surface area contributed by atoms with Gasteiger partial charge in [0.05, 0.1) is 16.6 Å². The van der Waals surface area contributed by atoms with E-state index in [9.17, 15) is 14.9 Å². The van der Waals surface area contributed by atoms with E-state index in [1.54, 1.807) is 25.1 Å². The van der Waals surface area contributed by atoms with Gasteiger partial charge in [-0.25, -0.2) is 4.79 Å². The monoisotopic (exact) mass is 257 g/mol. The molecule has 0 radical (unpaired) electrons. The molecule has 19 heavy (non-hydrogen) atoms. The van der Waals surface area contributed by atoms with Gasteiger partial charge in [-0.1, -0.05) is 24.3 Å². The average molecular weight is 257 g/mol. The number of nitro groups is 1. The van der Waals surface area contributed by atoms with Crippen molar-refractivity contribution < 1.29 is 14.5 Å². The second-order valence-corrected chi connectivity index (χ2v) is 3.96. The lowest BCUT2D eigenvalue weighted by Gasteiger charge is -2.06. The van der Waals surface area contributed by atoms with Crippen LogP contribution in [0.25, 0.3) is 0 Å². The zero-order valence-corrected chi connectivity index (χ0v) is 10.2. The number of esters is 1. The predicted molar refractivity (Wildman–Crippen MR) is 69.2 cm³/mol. The first-order chi connectivity index (χ1) is 9.08. The summed E-state index contributed by atoms with van der Waals surface area (Å²) in [4.78, 5) is 22.0. The van der Waals surface area contributed by atoms with E-state index in [2.05, 4.69) is 0 Å². The Labute approximate surface area is 109 Å². The first-order valence-electron chi connectivity index (χ1n) is 5.60. The number of non-ortho nitro benzene ring substituents is 1. The average Bonchev–Trinajstić information content (AvgIpc) is 2.39. The summed E-state index contributed by atoms with van der Waals surface area (Å²) in [5, 5.41) is 10.6. The molecule has 0 N–H and O–H groups in total. The number of hydrogen-bond donors (Lipinski definition) is 0. The molecule has 5 heteroatoms. The molecule has 2 aromatic carbocycles. The van der Waals surface area contributed by atoms with Crippen molar-refractivity contribution in [2.24, 2.45) is 0 Å². The number of carbonyl (C=O) groups excluding carboxylic acids is 1. The fourth-order valence-electron chi connectivity index (χ4n) is 1.62. The van der Waals surface area contributed by atoms with Crippen LogP contribution in [0.1, 0.15) is 15.9 Å². The highest BCUT2D eigenvalue weighted by molar-refractivity contribution is 5.92. The normalized spacial score (nSPS) is 9.95. The van der Waals surface area contributed by atoms with Crippen LogP contribution in [0.4, 0.5) is 5.69 Å². The van der Waals surface area contributed by atoms with Gasteiger partial charge in [0.25, 0.3) is 5.69 Å². The summed E-state index contributed by atoms with van der Waals surface area (Å²) in [5.41, 5.74) is 1.11. The van der Waals surface area contributed by atoms with E-state index in [1.165, 1.54) is 24.3 Å². The van der Waals surface area contributed by atoms with Crippen molar-refractivity contribution in [1.29, 1.82) is 0 Å². The van der Waals surface area contributed by atoms with Crippen molar-refractivity contribution in [1.82, 2.24) is 0 Å². The Kier molecular flexibility index (Phi) is 3.56. The lowest BCUT2D eigenvalue weighted by Crippen LogP contribution is -2.10. The Morgan fingerprint density at radius 2 is 1.89 bits per heavy atom. The Balaban J connectivity index is 2.22. The number of ether oxygens (including phenoxy) is 1. The van der Waals surface area contributed by atoms with Crippen LogP contribution in [0.15, 0.2) is 48.5 Å². The Morgan fingerprint density at radius 3 is 2.58 bits per heavy atom. The Bertz CT molecular complexity index is 637. The van der Waals surface area contributed by atoms with Crippen molar-refractivity contribution in [3.8, 4) is 5.75 Å². The fourth-order valence-corrected chi connectivity index (χ4v) is 1.62. The van der Waals surface area contributed by atoms with E-state index in [1.807, 2.05) is 6.07 Å². The molecular formula is C14H11NO4. The molecule has 0 saturated carbocycles. The molecule has 0 atom stereocenters. The second-order valence-electron chi connectivity index (χ2n) is 3.96. The number of nitrogens with zero attached hydrogens (tertiary/aromatic N) is 1. The maximum Gasteiger partial charge on any atom is 0.343 e. The van der Waals surface area contributed by atoms with Gasteiger partial charge in [-0.3, -0.25) is 10.1 Å². The number of benzene rings is 2. The molecular weight excluding hydrogens is 246 g/mol. The Morgan fingerprint density at radius 1 is 1.16 bits per heavy atom. The summed E-state index contributed by atoms with van der Waals surface area (Å²) in [6.07, 6.45) is 0. The first-order valence-corrected chi connectivity index (χ1v) is 5.60. The molecule has 0 spiro atoms. The Hall–Kier alpha value is -2.69. The van der Waals surface area contributed by atoms with E-state index < -0.39 is 10.9 Å². The molecule has 0 fully saturated rings. The van der Waals surface area contributed by atoms with Gasteiger partial charge in [0.2, 0.25) is 0 Å². The highest BCUT2D eigenvalue weighted by atomic mass is 16.6. The molecule has 0 bridgehead atoms. The molecule has 2 rings (SSSR count). The highest BCUT2D eigenvalue weighted by Crippen LogP contribution is 2.20. The van der Waals surface area contributed by atoms with Crippen LogP contribution in [0.2, 0.25) is 0 Å². The van der Waals surface area contributed by atoms with Crippen LogP contribution < -0.4 is 4.74 Å². The summed E-state index contributed by atoms with van der Waals surface area (Å²) < 4.78 is 5.13. The molecule has 5 nitrogen and oxygen atoms in total. The number of aryl methyl sites for hydroxylation is 1. The summed E-state index contributed by atoms with van der Waals surface area (Å²) in [6.45, 7) is 1.80. The smallest absolute Gasteiger partial charge is 0.343 e. The molecule has 0 heterocycles. The minimum Gasteiger partial charge on any atom is -0.423 e. The molecule has 0 aliphatic heterocycles. The quantitative estimate of drug-likeness (QED) is 0.366. The zero-order valence-electron chi connectivity index (χ0n) is 10.2. The van der Waals surface area contributed by atoms with Crippen LogP contribution in [-0.2, 0) is 0 Å². The van der Waals surface area contributed by atoms with Crippen molar-refractivity contribution in [3.05, 3.63) is 69.8 Å². The molecule has 2 aromatic rings. The SMILES string of the molecule is Cc1ccccc1C(=O)Oc1cccc([N+](=O)[O-])c1. The van der Waals surface area contributed by atoms with E-state index in [4.69, 9.17) is 4.74 Å². The van der Waals surface area contributed by atoms with Gasteiger partial charge in [0.15, 0.2) is 0 Å². The number of rotatable bonds is 3. The standard InChI is InChI=1S/C14H11NO4/c1-10-5-2-3-8-13(10)14(16)19-12-7-4-6-11(9-12)15(17)18/h2-9H,1H3. The number of carbonyl (C=O) groups is 1. The van der Waals surface area contributed by atoms with Gasteiger partial charge in [-0.15, -0.1) is 0 Å². The molecule has 0 unspecified atom stereocenters. The molecule has 0 amide bonds. The van der Waals surface area contributed by atoms with E-state index in [0.29, 0.717) is 5.56 Å². The third-order valence-electron chi connectivity index (χ3n) is 2.60. The molecule has 0 aromatic heterocycles. The third kappa shape index (κ3) is 2.95. The predicted octanol–water partition coefficient (Wildman–Crippen LogP) is 3.12. The minimum absolute atomic E-state index is 0.116. The van der Waals surface area contributed by atoms with Gasteiger partial charge in [-0.05, 0) is 24.6 Å². The molecule has 0 saturated heterocycles. The van der Waals surface area contributed by atoms with Gasteiger partial charge in [0.1, 0.15) is 5.75 Å². The third-order valence-corrected chi connectivity index (χ3v) is 2.60. The highest BCUT2D eigenvalue weighted by Gasteiger charge is 2.13. The largest absolute Gasteiger partial charge is 0.423 e. The maximum atomic E-state index is 11.9. The topological polar surface area (TPSA) is 69.4 Å². The second kappa shape index (κ2) is 5.30. The van der Waals surface area contributed by atoms with Gasteiger partial charge in [-0.2, -0.15) is 0 Å². The molecule has 0 aliphatic rings. The van der Waals surface area contributed by atoms with Gasteiger partial charge < -0.3 is 4.74 Å². The van der Waals surface area contributed by atoms with E-state index in [0.717, 1.165) is 5.56 Å². The van der Waals surface area contributed by atoms with E-state index >= 15 is 0 Å². The van der Waals surface area contributed by atoms with Gasteiger partial charge >= 0.3 is 5.97 Å². The minimum atomic E-state index is -0.537. The summed E-state index contributed by atoms with van der Waals surface area (Å²) in [7, 11) is 0. The van der Waals surface area contributed by atoms with Crippen LogP contribution in [-0.4, -0.2) is 10.9 Å². The van der Waals surface area contributed by atoms with Crippen LogP contribution in [0.3, 0.4) is 0 Å². The van der Waals surface area contributed by atoms with Gasteiger partial charge in [0, 0.05) is 6.07 Å². The zero-order chi connectivity index (χ0) is 13.8. The van der Waals surface area contributed by atoms with Crippen LogP contribution in [0, 0.1) is 17.0 Å². The van der Waals surface area contributed by atoms with E-state index in [-0.39, 0.29) is 11.4 Å². The van der Waals surface area contributed by atoms with Crippen molar-refractivity contribution in [2.75, 3.05) is 0 Å². The van der Waals surface area contributed by atoms with Crippen molar-refractivity contribution >= 4 is 11.7 Å². The molecule has 0 aliphatic carbocycles. The summed E-state index contributed by atoms with van der Waals surface area (Å²) >= 11 is 0. The lowest BCUT2D eigenvalue weighted by atomic mass is 10.1. The number of hydrogen-bond acceptors (Lipinski definition) is 4. The first kappa shape index (κ1) is 12.8. The van der Waals surface area contributed by atoms with Crippen molar-refractivity contribution in [3.63, 3.8) is 0 Å².